The van der Waals surface area contributed by atoms with Crippen LogP contribution in [0.15, 0.2) is 6.20 Å². The van der Waals surface area contributed by atoms with E-state index >= 15 is 0 Å². The number of hydrogen-bond acceptors (Lipinski definition) is 2. The van der Waals surface area contributed by atoms with E-state index in [9.17, 15) is 13.6 Å². The van der Waals surface area contributed by atoms with Crippen molar-refractivity contribution in [2.75, 3.05) is 0 Å². The van der Waals surface area contributed by atoms with Crippen molar-refractivity contribution < 1.29 is 18.7 Å². The lowest BCUT2D eigenvalue weighted by Crippen LogP contribution is -2.05. The summed E-state index contributed by atoms with van der Waals surface area (Å²) in [6.45, 7) is 1.63. The third kappa shape index (κ3) is 2.51. The summed E-state index contributed by atoms with van der Waals surface area (Å²) < 4.78 is 25.7. The van der Waals surface area contributed by atoms with Crippen molar-refractivity contribution in [3.63, 3.8) is 0 Å². The molecular formula is C8H10F2N2O2. The molecule has 0 saturated heterocycles. The maximum atomic E-state index is 12.2. The van der Waals surface area contributed by atoms with Gasteiger partial charge >= 0.3 is 5.97 Å². The minimum atomic E-state index is -2.61. The molecule has 0 atom stereocenters. The maximum Gasteiger partial charge on any atom is 0.305 e. The van der Waals surface area contributed by atoms with Crippen LogP contribution in [0.2, 0.25) is 0 Å². The Morgan fingerprint density at radius 3 is 2.79 bits per heavy atom. The van der Waals surface area contributed by atoms with Crippen molar-refractivity contribution in [1.29, 1.82) is 0 Å². The third-order valence-corrected chi connectivity index (χ3v) is 1.74. The minimum Gasteiger partial charge on any atom is -0.481 e. The molecule has 0 radical (unpaired) electrons. The Hall–Kier alpha value is -1.46. The van der Waals surface area contributed by atoms with Crippen molar-refractivity contribution in [3.05, 3.63) is 17.5 Å². The van der Waals surface area contributed by atoms with Crippen LogP contribution in [0.4, 0.5) is 8.78 Å². The molecule has 78 valence electrons. The number of aliphatic carboxylic acids is 1. The Kier molecular flexibility index (Phi) is 3.16. The number of carboxylic acids is 1. The zero-order chi connectivity index (χ0) is 10.7. The predicted molar refractivity (Wildman–Crippen MR) is 44.2 cm³/mol. The molecule has 0 aromatic carbocycles. The van der Waals surface area contributed by atoms with Crippen molar-refractivity contribution in [2.45, 2.75) is 26.3 Å². The average Bonchev–Trinajstić information content (AvgIpc) is 2.43. The van der Waals surface area contributed by atoms with Crippen molar-refractivity contribution in [1.82, 2.24) is 9.78 Å². The van der Waals surface area contributed by atoms with Gasteiger partial charge in [0, 0.05) is 6.20 Å². The topological polar surface area (TPSA) is 55.1 Å². The van der Waals surface area contributed by atoms with E-state index in [4.69, 9.17) is 5.11 Å². The summed E-state index contributed by atoms with van der Waals surface area (Å²) in [6.07, 6.45) is -1.31. The second kappa shape index (κ2) is 4.17. The normalized spacial score (nSPS) is 10.9. The molecule has 1 rings (SSSR count). The Labute approximate surface area is 79.2 Å². The van der Waals surface area contributed by atoms with Crippen LogP contribution in [-0.4, -0.2) is 20.9 Å². The molecule has 0 amide bonds. The standard InChI is InChI=1S/C8H10F2N2O2/c1-5-4-12(3-2-6(13)14)11-7(5)8(9)10/h4,8H,2-3H2,1H3,(H,13,14). The molecule has 1 aromatic heterocycles. The lowest BCUT2D eigenvalue weighted by atomic mass is 10.3. The predicted octanol–water partition coefficient (Wildman–Crippen LogP) is 1.60. The van der Waals surface area contributed by atoms with Gasteiger partial charge in [-0.05, 0) is 12.5 Å². The molecule has 0 saturated carbocycles. The number of halogens is 2. The first-order valence-corrected chi connectivity index (χ1v) is 4.04. The van der Waals surface area contributed by atoms with Crippen molar-refractivity contribution >= 4 is 5.97 Å². The highest BCUT2D eigenvalue weighted by atomic mass is 19.3. The molecule has 0 fully saturated rings. The fourth-order valence-electron chi connectivity index (χ4n) is 1.08. The summed E-state index contributed by atoms with van der Waals surface area (Å²) in [6, 6.07) is 0. The molecule has 14 heavy (non-hydrogen) atoms. The van der Waals surface area contributed by atoms with Gasteiger partial charge in [0.15, 0.2) is 0 Å². The van der Waals surface area contributed by atoms with Crippen molar-refractivity contribution in [2.24, 2.45) is 0 Å². The van der Waals surface area contributed by atoms with Crippen LogP contribution in [0.25, 0.3) is 0 Å². The van der Waals surface area contributed by atoms with Gasteiger partial charge < -0.3 is 5.11 Å². The van der Waals surface area contributed by atoms with Crippen LogP contribution in [0.1, 0.15) is 24.1 Å². The van der Waals surface area contributed by atoms with E-state index in [0.717, 1.165) is 0 Å². The number of carbonyl (C=O) groups is 1. The van der Waals surface area contributed by atoms with Gasteiger partial charge in [0.2, 0.25) is 0 Å². The fraction of sp³-hybridized carbons (Fsp3) is 0.500. The second-order valence-electron chi connectivity index (χ2n) is 2.90. The van der Waals surface area contributed by atoms with Gasteiger partial charge in [-0.1, -0.05) is 0 Å². The first kappa shape index (κ1) is 10.6. The van der Waals surface area contributed by atoms with Gasteiger partial charge in [-0.15, -0.1) is 0 Å². The smallest absolute Gasteiger partial charge is 0.305 e. The summed E-state index contributed by atoms with van der Waals surface area (Å²) in [4.78, 5) is 10.2. The Bertz CT molecular complexity index is 336. The molecule has 6 heteroatoms. The van der Waals surface area contributed by atoms with Gasteiger partial charge in [-0.3, -0.25) is 9.48 Å². The summed E-state index contributed by atoms with van der Waals surface area (Å²) in [5.74, 6) is -0.975. The van der Waals surface area contributed by atoms with Gasteiger partial charge in [0.25, 0.3) is 6.43 Å². The molecule has 0 aliphatic heterocycles. The molecule has 0 aliphatic rings. The van der Waals surface area contributed by atoms with E-state index < -0.39 is 12.4 Å². The number of aryl methyl sites for hydroxylation is 2. The molecule has 1 heterocycles. The van der Waals surface area contributed by atoms with E-state index in [0.29, 0.717) is 5.56 Å². The molecule has 1 N–H and O–H groups in total. The quantitative estimate of drug-likeness (QED) is 0.810. The number of carboxylic acid groups (broad SMARTS) is 1. The highest BCUT2D eigenvalue weighted by molar-refractivity contribution is 5.66. The SMILES string of the molecule is Cc1cn(CCC(=O)O)nc1C(F)F. The van der Waals surface area contributed by atoms with E-state index in [2.05, 4.69) is 5.10 Å². The molecule has 0 unspecified atom stereocenters. The van der Waals surface area contributed by atoms with E-state index in [1.165, 1.54) is 17.8 Å². The number of alkyl halides is 2. The van der Waals surface area contributed by atoms with Crippen LogP contribution in [0.3, 0.4) is 0 Å². The van der Waals surface area contributed by atoms with E-state index in [1.54, 1.807) is 0 Å². The van der Waals surface area contributed by atoms with Gasteiger partial charge in [-0.25, -0.2) is 8.78 Å². The molecule has 0 aliphatic carbocycles. The van der Waals surface area contributed by atoms with Crippen LogP contribution < -0.4 is 0 Å². The number of nitrogens with zero attached hydrogens (tertiary/aromatic N) is 2. The molecule has 1 aromatic rings. The highest BCUT2D eigenvalue weighted by Gasteiger charge is 2.15. The Morgan fingerprint density at radius 2 is 2.36 bits per heavy atom. The van der Waals surface area contributed by atoms with E-state index in [1.807, 2.05) is 0 Å². The van der Waals surface area contributed by atoms with Crippen LogP contribution in [0.5, 0.6) is 0 Å². The van der Waals surface area contributed by atoms with Gasteiger partial charge in [0.05, 0.1) is 13.0 Å². The zero-order valence-corrected chi connectivity index (χ0v) is 7.57. The lowest BCUT2D eigenvalue weighted by Gasteiger charge is -1.96. The number of hydrogen-bond donors (Lipinski definition) is 1. The summed E-state index contributed by atoms with van der Waals surface area (Å²) in [7, 11) is 0. The first-order chi connectivity index (χ1) is 6.50. The maximum absolute atomic E-state index is 12.2. The summed E-state index contributed by atoms with van der Waals surface area (Å²) >= 11 is 0. The van der Waals surface area contributed by atoms with Gasteiger partial charge in [0.1, 0.15) is 5.69 Å². The molecular weight excluding hydrogens is 194 g/mol. The molecule has 4 nitrogen and oxygen atoms in total. The largest absolute Gasteiger partial charge is 0.481 e. The molecule has 0 spiro atoms. The summed E-state index contributed by atoms with van der Waals surface area (Å²) in [5, 5.41) is 12.0. The monoisotopic (exact) mass is 204 g/mol. The molecule has 0 bridgehead atoms. The Morgan fingerprint density at radius 1 is 1.71 bits per heavy atom. The average molecular weight is 204 g/mol. The third-order valence-electron chi connectivity index (χ3n) is 1.74. The van der Waals surface area contributed by atoms with Gasteiger partial charge in [-0.2, -0.15) is 5.10 Å². The highest BCUT2D eigenvalue weighted by Crippen LogP contribution is 2.20. The summed E-state index contributed by atoms with van der Waals surface area (Å²) in [5.41, 5.74) is 0.0979. The minimum absolute atomic E-state index is 0.114. The second-order valence-corrected chi connectivity index (χ2v) is 2.90. The fourth-order valence-corrected chi connectivity index (χ4v) is 1.08. The number of rotatable bonds is 4. The Balaban J connectivity index is 2.71. The van der Waals surface area contributed by atoms with E-state index in [-0.39, 0.29) is 18.7 Å². The first-order valence-electron chi connectivity index (χ1n) is 4.04. The van der Waals surface area contributed by atoms with Crippen LogP contribution >= 0.6 is 0 Å². The lowest BCUT2D eigenvalue weighted by molar-refractivity contribution is -0.137. The zero-order valence-electron chi connectivity index (χ0n) is 7.57. The number of aromatic nitrogens is 2. The van der Waals surface area contributed by atoms with Crippen LogP contribution in [0, 0.1) is 6.92 Å². The van der Waals surface area contributed by atoms with Crippen molar-refractivity contribution in [3.8, 4) is 0 Å². The van der Waals surface area contributed by atoms with Crippen LogP contribution in [-0.2, 0) is 11.3 Å².